The fourth-order valence-electron chi connectivity index (χ4n) is 2.59. The van der Waals surface area contributed by atoms with E-state index < -0.39 is 5.82 Å². The molecule has 3 N–H and O–H groups in total. The van der Waals surface area contributed by atoms with Gasteiger partial charge in [0, 0.05) is 18.8 Å². The van der Waals surface area contributed by atoms with E-state index in [9.17, 15) is 9.18 Å². The van der Waals surface area contributed by atoms with Crippen molar-refractivity contribution in [3.05, 3.63) is 29.6 Å². The lowest BCUT2D eigenvalue weighted by Crippen LogP contribution is -2.27. The second kappa shape index (κ2) is 7.98. The van der Waals surface area contributed by atoms with Crippen LogP contribution < -0.4 is 11.1 Å². The summed E-state index contributed by atoms with van der Waals surface area (Å²) in [7, 11) is 0. The van der Waals surface area contributed by atoms with Gasteiger partial charge in [0.2, 0.25) is 0 Å². The van der Waals surface area contributed by atoms with Gasteiger partial charge in [-0.05, 0) is 37.5 Å². The fourth-order valence-corrected chi connectivity index (χ4v) is 2.59. The SMILES string of the molecule is Nc1cc(F)ccc1C(=O)NCCCOC1CCCCC1. The van der Waals surface area contributed by atoms with Crippen LogP contribution in [-0.4, -0.2) is 25.2 Å². The minimum absolute atomic E-state index is 0.158. The lowest BCUT2D eigenvalue weighted by molar-refractivity contribution is 0.0273. The number of hydrogen-bond donors (Lipinski definition) is 2. The summed E-state index contributed by atoms with van der Waals surface area (Å²) in [6.07, 6.45) is 7.29. The molecule has 4 nitrogen and oxygen atoms in total. The first-order valence-corrected chi connectivity index (χ1v) is 7.61. The number of rotatable bonds is 6. The van der Waals surface area contributed by atoms with Gasteiger partial charge in [0.05, 0.1) is 11.7 Å². The largest absolute Gasteiger partial charge is 0.398 e. The van der Waals surface area contributed by atoms with E-state index in [-0.39, 0.29) is 11.6 Å². The molecule has 0 bridgehead atoms. The number of nitrogens with one attached hydrogen (secondary N) is 1. The van der Waals surface area contributed by atoms with Crippen molar-refractivity contribution < 1.29 is 13.9 Å². The molecule has 0 saturated heterocycles. The van der Waals surface area contributed by atoms with Crippen molar-refractivity contribution in [3.8, 4) is 0 Å². The van der Waals surface area contributed by atoms with Gasteiger partial charge in [-0.1, -0.05) is 19.3 Å². The van der Waals surface area contributed by atoms with Crippen molar-refractivity contribution in [2.75, 3.05) is 18.9 Å². The zero-order valence-electron chi connectivity index (χ0n) is 12.2. The van der Waals surface area contributed by atoms with Crippen LogP contribution in [0.25, 0.3) is 0 Å². The van der Waals surface area contributed by atoms with Gasteiger partial charge in [0.15, 0.2) is 0 Å². The van der Waals surface area contributed by atoms with Gasteiger partial charge in [-0.2, -0.15) is 0 Å². The zero-order chi connectivity index (χ0) is 15.1. The lowest BCUT2D eigenvalue weighted by atomic mass is 9.98. The van der Waals surface area contributed by atoms with Crippen LogP contribution in [0.5, 0.6) is 0 Å². The second-order valence-electron chi connectivity index (χ2n) is 5.47. The first kappa shape index (κ1) is 15.8. The molecule has 0 heterocycles. The van der Waals surface area contributed by atoms with E-state index in [0.717, 1.165) is 25.3 Å². The molecule has 1 saturated carbocycles. The van der Waals surface area contributed by atoms with Crippen molar-refractivity contribution in [2.24, 2.45) is 0 Å². The van der Waals surface area contributed by atoms with Crippen LogP contribution in [0.3, 0.4) is 0 Å². The minimum atomic E-state index is -0.440. The lowest BCUT2D eigenvalue weighted by Gasteiger charge is -2.21. The zero-order valence-corrected chi connectivity index (χ0v) is 12.2. The highest BCUT2D eigenvalue weighted by Gasteiger charge is 2.13. The number of nitrogen functional groups attached to an aromatic ring is 1. The standard InChI is InChI=1S/C16H23FN2O2/c17-12-7-8-14(15(18)11-12)16(20)19-9-4-10-21-13-5-2-1-3-6-13/h7-8,11,13H,1-6,9-10,18H2,(H,19,20). The van der Waals surface area contributed by atoms with Crippen molar-refractivity contribution in [1.29, 1.82) is 0 Å². The smallest absolute Gasteiger partial charge is 0.253 e. The number of halogens is 1. The van der Waals surface area contributed by atoms with E-state index in [1.165, 1.54) is 31.4 Å². The second-order valence-corrected chi connectivity index (χ2v) is 5.47. The van der Waals surface area contributed by atoms with Crippen LogP contribution >= 0.6 is 0 Å². The van der Waals surface area contributed by atoms with Gasteiger partial charge in [0.25, 0.3) is 5.91 Å². The van der Waals surface area contributed by atoms with Crippen LogP contribution in [0.1, 0.15) is 48.9 Å². The van der Waals surface area contributed by atoms with E-state index in [1.54, 1.807) is 0 Å². The summed E-state index contributed by atoms with van der Waals surface area (Å²) >= 11 is 0. The number of nitrogens with two attached hydrogens (primary N) is 1. The molecule has 0 aliphatic heterocycles. The molecule has 5 heteroatoms. The number of carbonyl (C=O) groups is 1. The number of benzene rings is 1. The molecule has 0 unspecified atom stereocenters. The molecule has 0 radical (unpaired) electrons. The summed E-state index contributed by atoms with van der Waals surface area (Å²) in [4.78, 5) is 11.9. The van der Waals surface area contributed by atoms with Gasteiger partial charge in [-0.15, -0.1) is 0 Å². The molecule has 0 spiro atoms. The molecule has 1 fully saturated rings. The van der Waals surface area contributed by atoms with E-state index >= 15 is 0 Å². The topological polar surface area (TPSA) is 64.4 Å². The Morgan fingerprint density at radius 3 is 2.81 bits per heavy atom. The third kappa shape index (κ3) is 5.01. The Bertz CT molecular complexity index is 473. The third-order valence-corrected chi connectivity index (χ3v) is 3.77. The molecule has 1 amide bonds. The number of carbonyl (C=O) groups excluding carboxylic acids is 1. The van der Waals surface area contributed by atoms with E-state index in [2.05, 4.69) is 5.32 Å². The Kier molecular flexibility index (Phi) is 5.99. The van der Waals surface area contributed by atoms with Gasteiger partial charge in [0.1, 0.15) is 5.82 Å². The molecule has 1 aliphatic carbocycles. The van der Waals surface area contributed by atoms with Crippen LogP contribution in [0.2, 0.25) is 0 Å². The van der Waals surface area contributed by atoms with E-state index in [0.29, 0.717) is 24.8 Å². The van der Waals surface area contributed by atoms with Crippen LogP contribution in [0.4, 0.5) is 10.1 Å². The van der Waals surface area contributed by atoms with Crippen LogP contribution in [0.15, 0.2) is 18.2 Å². The summed E-state index contributed by atoms with van der Waals surface area (Å²) in [6.45, 7) is 1.19. The number of hydrogen-bond acceptors (Lipinski definition) is 3. The van der Waals surface area contributed by atoms with E-state index in [4.69, 9.17) is 10.5 Å². The Balaban J connectivity index is 1.64. The Morgan fingerprint density at radius 2 is 2.10 bits per heavy atom. The Hall–Kier alpha value is -1.62. The van der Waals surface area contributed by atoms with Gasteiger partial charge >= 0.3 is 0 Å². The normalized spacial score (nSPS) is 15.9. The maximum Gasteiger partial charge on any atom is 0.253 e. The molecule has 116 valence electrons. The number of ether oxygens (including phenoxy) is 1. The molecule has 1 aromatic rings. The molecule has 2 rings (SSSR count). The maximum atomic E-state index is 12.9. The summed E-state index contributed by atoms with van der Waals surface area (Å²) in [6, 6.07) is 3.79. The summed E-state index contributed by atoms with van der Waals surface area (Å²) in [5.74, 6) is -0.713. The fraction of sp³-hybridized carbons (Fsp3) is 0.562. The van der Waals surface area contributed by atoms with Crippen molar-refractivity contribution >= 4 is 11.6 Å². The molecule has 21 heavy (non-hydrogen) atoms. The van der Waals surface area contributed by atoms with Gasteiger partial charge < -0.3 is 15.8 Å². The summed E-state index contributed by atoms with van der Waals surface area (Å²) in [5, 5.41) is 2.78. The average molecular weight is 294 g/mol. The van der Waals surface area contributed by atoms with Crippen LogP contribution in [-0.2, 0) is 4.74 Å². The van der Waals surface area contributed by atoms with Crippen LogP contribution in [0, 0.1) is 5.82 Å². The maximum absolute atomic E-state index is 12.9. The molecule has 0 aromatic heterocycles. The Morgan fingerprint density at radius 1 is 1.33 bits per heavy atom. The average Bonchev–Trinajstić information content (AvgIpc) is 2.47. The predicted molar refractivity (Wildman–Crippen MR) is 80.6 cm³/mol. The first-order chi connectivity index (χ1) is 10.2. The predicted octanol–water partition coefficient (Wildman–Crippen LogP) is 2.88. The van der Waals surface area contributed by atoms with E-state index in [1.807, 2.05) is 0 Å². The molecular weight excluding hydrogens is 271 g/mol. The molecular formula is C16H23FN2O2. The summed E-state index contributed by atoms with van der Waals surface area (Å²) < 4.78 is 18.7. The summed E-state index contributed by atoms with van der Waals surface area (Å²) in [5.41, 5.74) is 6.09. The van der Waals surface area contributed by atoms with Gasteiger partial charge in [-0.25, -0.2) is 4.39 Å². The van der Waals surface area contributed by atoms with Crippen molar-refractivity contribution in [2.45, 2.75) is 44.6 Å². The van der Waals surface area contributed by atoms with Crippen molar-refractivity contribution in [3.63, 3.8) is 0 Å². The highest BCUT2D eigenvalue weighted by atomic mass is 19.1. The Labute approximate surface area is 124 Å². The first-order valence-electron chi connectivity index (χ1n) is 7.61. The molecule has 1 aromatic carbocycles. The number of anilines is 1. The molecule has 1 aliphatic rings. The monoisotopic (exact) mass is 294 g/mol. The highest BCUT2D eigenvalue weighted by molar-refractivity contribution is 5.99. The minimum Gasteiger partial charge on any atom is -0.398 e. The van der Waals surface area contributed by atoms with Crippen molar-refractivity contribution in [1.82, 2.24) is 5.32 Å². The third-order valence-electron chi connectivity index (χ3n) is 3.77. The number of amides is 1. The molecule has 0 atom stereocenters. The van der Waals surface area contributed by atoms with Gasteiger partial charge in [-0.3, -0.25) is 4.79 Å². The quantitative estimate of drug-likeness (QED) is 0.626. The highest BCUT2D eigenvalue weighted by Crippen LogP contribution is 2.20.